The first-order valence-corrected chi connectivity index (χ1v) is 10.7. The number of nitrogens with zero attached hydrogens (tertiary/aromatic N) is 4. The molecule has 1 heterocycles. The molecule has 10 nitrogen and oxygen atoms in total. The van der Waals surface area contributed by atoms with Gasteiger partial charge in [0.2, 0.25) is 11.8 Å². The smallest absolute Gasteiger partial charge is 0.269 e. The summed E-state index contributed by atoms with van der Waals surface area (Å²) >= 11 is 7.21. The van der Waals surface area contributed by atoms with E-state index in [9.17, 15) is 19.7 Å². The summed E-state index contributed by atoms with van der Waals surface area (Å²) < 4.78 is 1.64. The van der Waals surface area contributed by atoms with Gasteiger partial charge in [-0.2, -0.15) is 0 Å². The number of carbonyl (C=O) groups is 2. The number of thioether (sulfide) groups is 1. The molecule has 1 aromatic heterocycles. The van der Waals surface area contributed by atoms with E-state index in [2.05, 4.69) is 20.8 Å². The fraction of sp³-hybridized carbons (Fsp3) is 0.200. The molecule has 2 N–H and O–H groups in total. The van der Waals surface area contributed by atoms with Gasteiger partial charge < -0.3 is 15.2 Å². The number of nitrogens with one attached hydrogen (secondary N) is 2. The van der Waals surface area contributed by atoms with Gasteiger partial charge in [-0.15, -0.1) is 10.2 Å². The molecule has 3 rings (SSSR count). The lowest BCUT2D eigenvalue weighted by molar-refractivity contribution is -0.384. The van der Waals surface area contributed by atoms with Gasteiger partial charge in [0.25, 0.3) is 5.69 Å². The van der Waals surface area contributed by atoms with Gasteiger partial charge in [0, 0.05) is 24.9 Å². The van der Waals surface area contributed by atoms with Gasteiger partial charge in [0.05, 0.1) is 27.8 Å². The van der Waals surface area contributed by atoms with E-state index in [1.165, 1.54) is 18.2 Å². The largest absolute Gasteiger partial charge is 0.325 e. The number of para-hydroxylation sites is 1. The maximum absolute atomic E-state index is 12.3. The van der Waals surface area contributed by atoms with Crippen LogP contribution in [-0.2, 0) is 23.1 Å². The fourth-order valence-corrected chi connectivity index (χ4v) is 3.66. The molecule has 166 valence electrons. The summed E-state index contributed by atoms with van der Waals surface area (Å²) in [4.78, 5) is 34.9. The van der Waals surface area contributed by atoms with Gasteiger partial charge >= 0.3 is 0 Å². The number of anilines is 2. The third-order valence-electron chi connectivity index (χ3n) is 4.42. The van der Waals surface area contributed by atoms with Crippen molar-refractivity contribution in [2.45, 2.75) is 18.5 Å². The van der Waals surface area contributed by atoms with E-state index in [1.54, 1.807) is 42.8 Å². The van der Waals surface area contributed by atoms with E-state index in [1.807, 2.05) is 0 Å². The van der Waals surface area contributed by atoms with Crippen LogP contribution in [0.15, 0.2) is 47.6 Å². The molecule has 2 amide bonds. The molecular weight excluding hydrogens is 456 g/mol. The molecule has 0 saturated carbocycles. The van der Waals surface area contributed by atoms with Crippen LogP contribution in [0.25, 0.3) is 0 Å². The van der Waals surface area contributed by atoms with Crippen LogP contribution in [-0.4, -0.2) is 37.3 Å². The second-order valence-electron chi connectivity index (χ2n) is 6.76. The standard InChI is InChI=1S/C20H19ClN6O4S/c1-12-9-13(27(30)31)7-8-15(12)22-19(29)11-32-20-25-24-17(26(20)2)10-18(28)23-16-6-4-3-5-14(16)21/h3-9H,10-11H2,1-2H3,(H,22,29)(H,23,28). The SMILES string of the molecule is Cc1cc([N+](=O)[O-])ccc1NC(=O)CSc1nnc(CC(=O)Nc2ccccc2Cl)n1C. The number of hydrogen-bond acceptors (Lipinski definition) is 7. The quantitative estimate of drug-likeness (QED) is 0.289. The molecule has 0 atom stereocenters. The van der Waals surface area contributed by atoms with E-state index in [0.29, 0.717) is 32.9 Å². The predicted molar refractivity (Wildman–Crippen MR) is 122 cm³/mol. The Bertz CT molecular complexity index is 1180. The molecule has 0 fully saturated rings. The van der Waals surface area contributed by atoms with Crippen LogP contribution in [0, 0.1) is 17.0 Å². The highest BCUT2D eigenvalue weighted by Crippen LogP contribution is 2.23. The van der Waals surface area contributed by atoms with Crippen molar-refractivity contribution in [3.63, 3.8) is 0 Å². The molecule has 32 heavy (non-hydrogen) atoms. The zero-order valence-electron chi connectivity index (χ0n) is 17.2. The molecular formula is C20H19ClN6O4S. The molecule has 0 unspecified atom stereocenters. The maximum atomic E-state index is 12.3. The third kappa shape index (κ3) is 5.83. The van der Waals surface area contributed by atoms with E-state index in [-0.39, 0.29) is 29.7 Å². The van der Waals surface area contributed by atoms with Crippen molar-refractivity contribution < 1.29 is 14.5 Å². The Morgan fingerprint density at radius 1 is 1.12 bits per heavy atom. The number of rotatable bonds is 8. The third-order valence-corrected chi connectivity index (χ3v) is 5.77. The number of non-ortho nitro benzene ring substituents is 1. The number of carbonyl (C=O) groups excluding carboxylic acids is 2. The normalized spacial score (nSPS) is 10.6. The van der Waals surface area contributed by atoms with Crippen molar-refractivity contribution in [3.8, 4) is 0 Å². The lowest BCUT2D eigenvalue weighted by Gasteiger charge is -2.08. The zero-order valence-corrected chi connectivity index (χ0v) is 18.7. The van der Waals surface area contributed by atoms with Crippen LogP contribution in [0.5, 0.6) is 0 Å². The average Bonchev–Trinajstić information content (AvgIpc) is 3.08. The van der Waals surface area contributed by atoms with Crippen LogP contribution in [0.1, 0.15) is 11.4 Å². The Kier molecular flexibility index (Phi) is 7.44. The Morgan fingerprint density at radius 2 is 1.84 bits per heavy atom. The summed E-state index contributed by atoms with van der Waals surface area (Å²) in [5.74, 6) is -0.109. The van der Waals surface area contributed by atoms with Crippen LogP contribution in [0.4, 0.5) is 17.1 Å². The molecule has 0 bridgehead atoms. The van der Waals surface area contributed by atoms with Crippen molar-refractivity contribution in [2.75, 3.05) is 16.4 Å². The second kappa shape index (κ2) is 10.2. The van der Waals surface area contributed by atoms with E-state index in [4.69, 9.17) is 11.6 Å². The molecule has 0 saturated heterocycles. The van der Waals surface area contributed by atoms with Crippen LogP contribution < -0.4 is 10.6 Å². The monoisotopic (exact) mass is 474 g/mol. The zero-order chi connectivity index (χ0) is 23.3. The number of hydrogen-bond donors (Lipinski definition) is 2. The summed E-state index contributed by atoms with van der Waals surface area (Å²) in [6.07, 6.45) is -0.0104. The van der Waals surface area contributed by atoms with Gasteiger partial charge in [0.15, 0.2) is 5.16 Å². The number of amides is 2. The molecule has 3 aromatic rings. The molecule has 0 aliphatic rings. The highest BCUT2D eigenvalue weighted by atomic mass is 35.5. The number of halogens is 1. The van der Waals surface area contributed by atoms with Crippen LogP contribution >= 0.6 is 23.4 Å². The number of nitro benzene ring substituents is 1. The second-order valence-corrected chi connectivity index (χ2v) is 8.11. The summed E-state index contributed by atoms with van der Waals surface area (Å²) in [5.41, 5.74) is 1.55. The molecule has 0 aliphatic carbocycles. The first-order valence-electron chi connectivity index (χ1n) is 9.35. The topological polar surface area (TPSA) is 132 Å². The van der Waals surface area contributed by atoms with Gasteiger partial charge in [-0.25, -0.2) is 0 Å². The lowest BCUT2D eigenvalue weighted by atomic mass is 10.2. The fourth-order valence-electron chi connectivity index (χ4n) is 2.74. The molecule has 0 radical (unpaired) electrons. The minimum absolute atomic E-state index is 0.0104. The van der Waals surface area contributed by atoms with E-state index in [0.717, 1.165) is 11.8 Å². The summed E-state index contributed by atoms with van der Waals surface area (Å²) in [6, 6.07) is 11.1. The summed E-state index contributed by atoms with van der Waals surface area (Å²) in [7, 11) is 1.71. The van der Waals surface area contributed by atoms with Gasteiger partial charge in [-0.05, 0) is 30.7 Å². The van der Waals surface area contributed by atoms with Crippen molar-refractivity contribution in [2.24, 2.45) is 7.05 Å². The number of nitro groups is 1. The van der Waals surface area contributed by atoms with Crippen molar-refractivity contribution in [1.29, 1.82) is 0 Å². The molecule has 0 spiro atoms. The Hall–Kier alpha value is -3.44. The van der Waals surface area contributed by atoms with Crippen molar-refractivity contribution in [1.82, 2.24) is 14.8 Å². The Labute approximate surface area is 192 Å². The number of aromatic nitrogens is 3. The van der Waals surface area contributed by atoms with Crippen molar-refractivity contribution in [3.05, 3.63) is 69.0 Å². The Balaban J connectivity index is 1.55. The highest BCUT2D eigenvalue weighted by molar-refractivity contribution is 7.99. The van der Waals surface area contributed by atoms with E-state index < -0.39 is 4.92 Å². The predicted octanol–water partition coefficient (Wildman–Crippen LogP) is 3.60. The van der Waals surface area contributed by atoms with Crippen LogP contribution in [0.2, 0.25) is 5.02 Å². The highest BCUT2D eigenvalue weighted by Gasteiger charge is 2.16. The first-order chi connectivity index (χ1) is 15.2. The lowest BCUT2D eigenvalue weighted by Crippen LogP contribution is -2.17. The summed E-state index contributed by atoms with van der Waals surface area (Å²) in [5, 5.41) is 25.2. The van der Waals surface area contributed by atoms with Gasteiger partial charge in [-0.3, -0.25) is 19.7 Å². The average molecular weight is 475 g/mol. The van der Waals surface area contributed by atoms with E-state index >= 15 is 0 Å². The number of benzene rings is 2. The molecule has 2 aromatic carbocycles. The minimum Gasteiger partial charge on any atom is -0.325 e. The first kappa shape index (κ1) is 23.2. The summed E-state index contributed by atoms with van der Waals surface area (Å²) in [6.45, 7) is 1.68. The van der Waals surface area contributed by atoms with Gasteiger partial charge in [-0.1, -0.05) is 35.5 Å². The minimum atomic E-state index is -0.491. The Morgan fingerprint density at radius 3 is 2.53 bits per heavy atom. The maximum Gasteiger partial charge on any atom is 0.269 e. The number of aryl methyl sites for hydroxylation is 1. The van der Waals surface area contributed by atoms with Crippen molar-refractivity contribution >= 4 is 52.2 Å². The molecule has 12 heteroatoms. The molecule has 0 aliphatic heterocycles. The van der Waals surface area contributed by atoms with Gasteiger partial charge in [0.1, 0.15) is 5.82 Å². The van der Waals surface area contributed by atoms with Crippen LogP contribution in [0.3, 0.4) is 0 Å².